The molecule has 2 rings (SSSR count). The lowest BCUT2D eigenvalue weighted by atomic mass is 10.1. The number of hydrogen-bond acceptors (Lipinski definition) is 2. The molecule has 106 valence electrons. The van der Waals surface area contributed by atoms with Crippen LogP contribution in [0.15, 0.2) is 30.3 Å². The van der Waals surface area contributed by atoms with Crippen molar-refractivity contribution in [2.75, 3.05) is 0 Å². The van der Waals surface area contributed by atoms with Crippen molar-refractivity contribution in [2.45, 2.75) is 26.3 Å². The first-order valence-corrected chi connectivity index (χ1v) is 7.85. The Labute approximate surface area is 132 Å². The van der Waals surface area contributed by atoms with Gasteiger partial charge in [0.25, 0.3) is 5.91 Å². The second-order valence-corrected chi connectivity index (χ2v) is 6.85. The highest BCUT2D eigenvalue weighted by Crippen LogP contribution is 2.25. The molecule has 2 nitrogen and oxygen atoms in total. The molecule has 2 aromatic rings. The number of rotatable bonds is 4. The molecule has 1 N–H and O–H groups in total. The third kappa shape index (κ3) is 3.75. The smallest absolute Gasteiger partial charge is 0.253 e. The molecule has 1 atom stereocenters. The van der Waals surface area contributed by atoms with E-state index in [0.717, 1.165) is 6.42 Å². The summed E-state index contributed by atoms with van der Waals surface area (Å²) in [6, 6.07) is 9.27. The number of benzene rings is 1. The van der Waals surface area contributed by atoms with Gasteiger partial charge in [-0.1, -0.05) is 29.3 Å². The maximum atomic E-state index is 12.2. The Morgan fingerprint density at radius 1 is 1.30 bits per heavy atom. The van der Waals surface area contributed by atoms with Crippen LogP contribution in [0.1, 0.15) is 27.0 Å². The monoisotopic (exact) mass is 327 g/mol. The lowest BCUT2D eigenvalue weighted by molar-refractivity contribution is 0.0940. The highest BCUT2D eigenvalue weighted by molar-refractivity contribution is 7.11. The van der Waals surface area contributed by atoms with E-state index in [2.05, 4.69) is 24.4 Å². The molecule has 0 aliphatic carbocycles. The van der Waals surface area contributed by atoms with Gasteiger partial charge in [0.2, 0.25) is 0 Å². The van der Waals surface area contributed by atoms with Gasteiger partial charge in [-0.3, -0.25) is 4.79 Å². The van der Waals surface area contributed by atoms with E-state index >= 15 is 0 Å². The van der Waals surface area contributed by atoms with Crippen LogP contribution >= 0.6 is 34.5 Å². The highest BCUT2D eigenvalue weighted by atomic mass is 35.5. The van der Waals surface area contributed by atoms with Gasteiger partial charge in [0.1, 0.15) is 0 Å². The summed E-state index contributed by atoms with van der Waals surface area (Å²) in [5.41, 5.74) is 0.411. The van der Waals surface area contributed by atoms with Crippen LogP contribution in [0.2, 0.25) is 10.0 Å². The zero-order valence-electron chi connectivity index (χ0n) is 11.2. The van der Waals surface area contributed by atoms with E-state index in [1.807, 2.05) is 6.92 Å². The molecule has 0 spiro atoms. The van der Waals surface area contributed by atoms with Crippen molar-refractivity contribution >= 4 is 40.4 Å². The molecule has 1 unspecified atom stereocenters. The zero-order valence-corrected chi connectivity index (χ0v) is 13.6. The molecule has 0 radical (unpaired) electrons. The SMILES string of the molecule is Cc1ccc(CC(C)NC(=O)c2cccc(Cl)c2Cl)s1. The van der Waals surface area contributed by atoms with Crippen LogP contribution < -0.4 is 5.32 Å². The summed E-state index contributed by atoms with van der Waals surface area (Å²) in [6.07, 6.45) is 0.808. The van der Waals surface area contributed by atoms with Crippen LogP contribution in [0, 0.1) is 6.92 Å². The van der Waals surface area contributed by atoms with E-state index < -0.39 is 0 Å². The molecule has 1 aromatic carbocycles. The number of halogens is 2. The van der Waals surface area contributed by atoms with Gasteiger partial charge in [-0.05, 0) is 38.1 Å². The van der Waals surface area contributed by atoms with Crippen molar-refractivity contribution in [3.05, 3.63) is 55.7 Å². The van der Waals surface area contributed by atoms with Gasteiger partial charge < -0.3 is 5.32 Å². The van der Waals surface area contributed by atoms with Gasteiger partial charge in [-0.2, -0.15) is 0 Å². The van der Waals surface area contributed by atoms with Crippen molar-refractivity contribution in [3.63, 3.8) is 0 Å². The van der Waals surface area contributed by atoms with Gasteiger partial charge in [0, 0.05) is 22.2 Å². The van der Waals surface area contributed by atoms with Crippen LogP contribution in [0.5, 0.6) is 0 Å². The third-order valence-electron chi connectivity index (χ3n) is 2.88. The zero-order chi connectivity index (χ0) is 14.7. The molecule has 1 aromatic heterocycles. The number of hydrogen-bond donors (Lipinski definition) is 1. The summed E-state index contributed by atoms with van der Waals surface area (Å²) in [6.45, 7) is 4.05. The van der Waals surface area contributed by atoms with Gasteiger partial charge in [-0.25, -0.2) is 0 Å². The Kier molecular flexibility index (Phi) is 5.08. The van der Waals surface area contributed by atoms with Crippen LogP contribution in [-0.4, -0.2) is 11.9 Å². The maximum absolute atomic E-state index is 12.2. The lowest BCUT2D eigenvalue weighted by Crippen LogP contribution is -2.34. The molecule has 0 fully saturated rings. The summed E-state index contributed by atoms with van der Waals surface area (Å²) in [7, 11) is 0. The first kappa shape index (κ1) is 15.4. The fourth-order valence-corrected chi connectivity index (χ4v) is 3.33. The Morgan fingerprint density at radius 2 is 2.05 bits per heavy atom. The maximum Gasteiger partial charge on any atom is 0.253 e. The van der Waals surface area contributed by atoms with Crippen molar-refractivity contribution < 1.29 is 4.79 Å². The summed E-state index contributed by atoms with van der Waals surface area (Å²) in [5, 5.41) is 3.63. The average molecular weight is 328 g/mol. The number of thiophene rings is 1. The minimum absolute atomic E-state index is 0.0376. The van der Waals surface area contributed by atoms with Gasteiger partial charge >= 0.3 is 0 Å². The highest BCUT2D eigenvalue weighted by Gasteiger charge is 2.15. The molecule has 0 bridgehead atoms. The minimum atomic E-state index is -0.196. The second-order valence-electron chi connectivity index (χ2n) is 4.69. The Morgan fingerprint density at radius 3 is 2.70 bits per heavy atom. The first-order chi connectivity index (χ1) is 9.47. The van der Waals surface area contributed by atoms with Gasteiger partial charge in [-0.15, -0.1) is 11.3 Å². The molecule has 5 heteroatoms. The topological polar surface area (TPSA) is 29.1 Å². The number of nitrogens with one attached hydrogen (secondary N) is 1. The number of carbonyl (C=O) groups is 1. The largest absolute Gasteiger partial charge is 0.349 e. The minimum Gasteiger partial charge on any atom is -0.349 e. The van der Waals surface area contributed by atoms with E-state index in [4.69, 9.17) is 23.2 Å². The van der Waals surface area contributed by atoms with Gasteiger partial charge in [0.15, 0.2) is 0 Å². The van der Waals surface area contributed by atoms with Crippen molar-refractivity contribution in [1.29, 1.82) is 0 Å². The first-order valence-electron chi connectivity index (χ1n) is 6.27. The lowest BCUT2D eigenvalue weighted by Gasteiger charge is -2.14. The van der Waals surface area contributed by atoms with E-state index in [9.17, 15) is 4.79 Å². The van der Waals surface area contributed by atoms with Crippen LogP contribution in [0.3, 0.4) is 0 Å². The summed E-state index contributed by atoms with van der Waals surface area (Å²) in [5.74, 6) is -0.196. The van der Waals surface area contributed by atoms with Crippen LogP contribution in [0.25, 0.3) is 0 Å². The van der Waals surface area contributed by atoms with E-state index in [0.29, 0.717) is 15.6 Å². The van der Waals surface area contributed by atoms with Crippen LogP contribution in [-0.2, 0) is 6.42 Å². The predicted octanol–water partition coefficient (Wildman–Crippen LogP) is 4.72. The van der Waals surface area contributed by atoms with Crippen molar-refractivity contribution in [3.8, 4) is 0 Å². The van der Waals surface area contributed by atoms with E-state index in [-0.39, 0.29) is 11.9 Å². The summed E-state index contributed by atoms with van der Waals surface area (Å²) < 4.78 is 0. The summed E-state index contributed by atoms with van der Waals surface area (Å²) >= 11 is 13.7. The van der Waals surface area contributed by atoms with E-state index in [1.165, 1.54) is 9.75 Å². The molecular formula is C15H15Cl2NOS. The Balaban J connectivity index is 2.02. The molecule has 0 aliphatic heterocycles. The molecule has 0 aliphatic rings. The molecule has 0 saturated carbocycles. The third-order valence-corrected chi connectivity index (χ3v) is 4.72. The quantitative estimate of drug-likeness (QED) is 0.864. The normalized spacial score (nSPS) is 12.2. The predicted molar refractivity (Wildman–Crippen MR) is 86.2 cm³/mol. The molecular weight excluding hydrogens is 313 g/mol. The second kappa shape index (κ2) is 6.61. The Bertz CT molecular complexity index is 624. The van der Waals surface area contributed by atoms with Crippen molar-refractivity contribution in [2.24, 2.45) is 0 Å². The standard InChI is InChI=1S/C15H15Cl2NOS/c1-9(8-11-7-6-10(2)20-11)18-15(19)12-4-3-5-13(16)14(12)17/h3-7,9H,8H2,1-2H3,(H,18,19). The van der Waals surface area contributed by atoms with Crippen LogP contribution in [0.4, 0.5) is 0 Å². The molecule has 1 heterocycles. The molecule has 20 heavy (non-hydrogen) atoms. The van der Waals surface area contributed by atoms with Gasteiger partial charge in [0.05, 0.1) is 15.6 Å². The molecule has 1 amide bonds. The number of carbonyl (C=O) groups excluding carboxylic acids is 1. The summed E-state index contributed by atoms with van der Waals surface area (Å²) in [4.78, 5) is 14.7. The fraction of sp³-hybridized carbons (Fsp3) is 0.267. The average Bonchev–Trinajstić information content (AvgIpc) is 2.77. The molecule has 0 saturated heterocycles. The van der Waals surface area contributed by atoms with Crippen molar-refractivity contribution in [1.82, 2.24) is 5.32 Å². The number of aryl methyl sites for hydroxylation is 1. The fourth-order valence-electron chi connectivity index (χ4n) is 1.93. The number of amides is 1. The van der Waals surface area contributed by atoms with E-state index in [1.54, 1.807) is 29.5 Å². The Hall–Kier alpha value is -1.03.